The van der Waals surface area contributed by atoms with Gasteiger partial charge in [0.05, 0.1) is 0 Å². The highest BCUT2D eigenvalue weighted by atomic mass is 16.3. The molecule has 0 unspecified atom stereocenters. The Morgan fingerprint density at radius 1 is 0.640 bits per heavy atom. The Kier molecular flexibility index (Phi) is 3.14. The zero-order valence-electron chi connectivity index (χ0n) is 13.5. The smallest absolute Gasteiger partial charge is 0.153 e. The highest BCUT2D eigenvalue weighted by Crippen LogP contribution is 2.35. The molecule has 0 saturated carbocycles. The molecule has 3 aromatic carbocycles. The van der Waals surface area contributed by atoms with Crippen LogP contribution in [0, 0.1) is 0 Å². The zero-order chi connectivity index (χ0) is 16.6. The van der Waals surface area contributed by atoms with Gasteiger partial charge >= 0.3 is 0 Å². The Hall–Kier alpha value is -3.39. The first-order chi connectivity index (χ1) is 12.4. The molecule has 0 aliphatic rings. The molecule has 0 atom stereocenters. The third-order valence-electron chi connectivity index (χ3n) is 4.53. The van der Waals surface area contributed by atoms with E-state index >= 15 is 0 Å². The van der Waals surface area contributed by atoms with Gasteiger partial charge in [-0.2, -0.15) is 0 Å². The van der Waals surface area contributed by atoms with Crippen LogP contribution >= 0.6 is 0 Å². The molecule has 0 spiro atoms. The number of furan rings is 1. The molecule has 0 fully saturated rings. The minimum absolute atomic E-state index is 0.823. The summed E-state index contributed by atoms with van der Waals surface area (Å²) >= 11 is 0. The topological polar surface area (TPSA) is 26.0 Å². The Labute approximate surface area is 145 Å². The van der Waals surface area contributed by atoms with Crippen LogP contribution in [-0.2, 0) is 0 Å². The summed E-state index contributed by atoms with van der Waals surface area (Å²) in [5.74, 6) is 0. The predicted molar refractivity (Wildman–Crippen MR) is 102 cm³/mol. The van der Waals surface area contributed by atoms with Crippen molar-refractivity contribution in [3.63, 3.8) is 0 Å². The lowest BCUT2D eigenvalue weighted by Crippen LogP contribution is -1.82. The highest BCUT2D eigenvalue weighted by molar-refractivity contribution is 6.07. The van der Waals surface area contributed by atoms with Gasteiger partial charge in [-0.15, -0.1) is 0 Å². The zero-order valence-corrected chi connectivity index (χ0v) is 13.5. The largest absolute Gasteiger partial charge is 0.454 e. The van der Waals surface area contributed by atoms with E-state index in [1.54, 1.807) is 6.20 Å². The average Bonchev–Trinajstić information content (AvgIpc) is 3.07. The van der Waals surface area contributed by atoms with Crippen LogP contribution in [0.15, 0.2) is 95.5 Å². The van der Waals surface area contributed by atoms with Gasteiger partial charge in [-0.05, 0) is 41.0 Å². The van der Waals surface area contributed by atoms with Gasteiger partial charge in [0.25, 0.3) is 0 Å². The molecule has 0 radical (unpaired) electrons. The van der Waals surface area contributed by atoms with Gasteiger partial charge in [0.15, 0.2) is 5.58 Å². The van der Waals surface area contributed by atoms with Crippen molar-refractivity contribution in [3.8, 4) is 22.3 Å². The first-order valence-electron chi connectivity index (χ1n) is 8.32. The Balaban J connectivity index is 1.74. The van der Waals surface area contributed by atoms with Crippen LogP contribution in [0.2, 0.25) is 0 Å². The number of aromatic nitrogens is 1. The van der Waals surface area contributed by atoms with Gasteiger partial charge in [-0.3, -0.25) is 4.98 Å². The van der Waals surface area contributed by atoms with Crippen LogP contribution in [0.5, 0.6) is 0 Å². The maximum Gasteiger partial charge on any atom is 0.153 e. The maximum absolute atomic E-state index is 6.12. The second-order valence-corrected chi connectivity index (χ2v) is 6.08. The molecular formula is C23H15NO. The van der Waals surface area contributed by atoms with E-state index < -0.39 is 0 Å². The first-order valence-corrected chi connectivity index (χ1v) is 8.32. The van der Waals surface area contributed by atoms with Crippen molar-refractivity contribution >= 4 is 22.1 Å². The van der Waals surface area contributed by atoms with Crippen LogP contribution in [0.25, 0.3) is 44.3 Å². The SMILES string of the molecule is c1ccc(-c2cccc(-c3cccc4c3oc3cccnc34)c2)cc1. The quantitative estimate of drug-likeness (QED) is 0.380. The lowest BCUT2D eigenvalue weighted by Gasteiger charge is -2.06. The fourth-order valence-electron chi connectivity index (χ4n) is 3.34. The van der Waals surface area contributed by atoms with Crippen molar-refractivity contribution in [2.24, 2.45) is 0 Å². The number of nitrogens with zero attached hydrogens (tertiary/aromatic N) is 1. The Morgan fingerprint density at radius 3 is 2.36 bits per heavy atom. The molecule has 5 rings (SSSR count). The van der Waals surface area contributed by atoms with E-state index in [4.69, 9.17) is 4.42 Å². The third-order valence-corrected chi connectivity index (χ3v) is 4.53. The monoisotopic (exact) mass is 321 g/mol. The lowest BCUT2D eigenvalue weighted by atomic mass is 9.98. The molecule has 5 aromatic rings. The predicted octanol–water partition coefficient (Wildman–Crippen LogP) is 6.32. The lowest BCUT2D eigenvalue weighted by molar-refractivity contribution is 0.669. The Morgan fingerprint density at radius 2 is 1.44 bits per heavy atom. The summed E-state index contributed by atoms with van der Waals surface area (Å²) in [5.41, 5.74) is 7.27. The first kappa shape index (κ1) is 14.0. The van der Waals surface area contributed by atoms with E-state index in [1.807, 2.05) is 18.2 Å². The minimum atomic E-state index is 0.823. The van der Waals surface area contributed by atoms with Gasteiger partial charge in [-0.1, -0.05) is 60.7 Å². The van der Waals surface area contributed by atoms with Crippen LogP contribution < -0.4 is 0 Å². The standard InChI is InChI=1S/C23H15NO/c1-2-7-16(8-3-1)17-9-4-10-18(15-17)19-11-5-12-20-22-21(25-23(19)20)13-6-14-24-22/h1-15H. The fourth-order valence-corrected chi connectivity index (χ4v) is 3.34. The van der Waals surface area contributed by atoms with E-state index in [2.05, 4.69) is 71.7 Å². The molecule has 0 amide bonds. The number of hydrogen-bond donors (Lipinski definition) is 0. The molecular weight excluding hydrogens is 306 g/mol. The van der Waals surface area contributed by atoms with Crippen molar-refractivity contribution in [3.05, 3.63) is 91.1 Å². The summed E-state index contributed by atoms with van der Waals surface area (Å²) in [4.78, 5) is 4.48. The van der Waals surface area contributed by atoms with Gasteiger partial charge in [-0.25, -0.2) is 0 Å². The summed E-state index contributed by atoms with van der Waals surface area (Å²) in [5, 5.41) is 1.05. The second-order valence-electron chi connectivity index (χ2n) is 6.08. The molecule has 0 saturated heterocycles. The molecule has 0 aliphatic carbocycles. The fraction of sp³-hybridized carbons (Fsp3) is 0. The number of rotatable bonds is 2. The number of hydrogen-bond acceptors (Lipinski definition) is 2. The van der Waals surface area contributed by atoms with E-state index in [0.29, 0.717) is 0 Å². The summed E-state index contributed by atoms with van der Waals surface area (Å²) in [6.07, 6.45) is 1.81. The summed E-state index contributed by atoms with van der Waals surface area (Å²) in [7, 11) is 0. The number of benzene rings is 3. The van der Waals surface area contributed by atoms with E-state index in [1.165, 1.54) is 11.1 Å². The normalized spacial score (nSPS) is 11.2. The maximum atomic E-state index is 6.12. The molecule has 2 nitrogen and oxygen atoms in total. The van der Waals surface area contributed by atoms with E-state index in [-0.39, 0.29) is 0 Å². The van der Waals surface area contributed by atoms with Crippen LogP contribution in [0.1, 0.15) is 0 Å². The number of para-hydroxylation sites is 1. The molecule has 2 heterocycles. The highest BCUT2D eigenvalue weighted by Gasteiger charge is 2.12. The summed E-state index contributed by atoms with van der Waals surface area (Å²) < 4.78 is 6.12. The van der Waals surface area contributed by atoms with Gasteiger partial charge < -0.3 is 4.42 Å². The van der Waals surface area contributed by atoms with E-state index in [0.717, 1.165) is 33.2 Å². The van der Waals surface area contributed by atoms with Gasteiger partial charge in [0, 0.05) is 17.1 Å². The van der Waals surface area contributed by atoms with Crippen LogP contribution in [0.4, 0.5) is 0 Å². The van der Waals surface area contributed by atoms with Gasteiger partial charge in [0.2, 0.25) is 0 Å². The molecule has 2 aromatic heterocycles. The summed E-state index contributed by atoms with van der Waals surface area (Å²) in [6, 6.07) is 29.1. The van der Waals surface area contributed by atoms with Crippen LogP contribution in [0.3, 0.4) is 0 Å². The average molecular weight is 321 g/mol. The second kappa shape index (κ2) is 5.60. The van der Waals surface area contributed by atoms with E-state index in [9.17, 15) is 0 Å². The minimum Gasteiger partial charge on any atom is -0.454 e. The molecule has 0 N–H and O–H groups in total. The van der Waals surface area contributed by atoms with Crippen molar-refractivity contribution in [2.75, 3.05) is 0 Å². The molecule has 118 valence electrons. The summed E-state index contributed by atoms with van der Waals surface area (Å²) in [6.45, 7) is 0. The van der Waals surface area contributed by atoms with Crippen molar-refractivity contribution in [1.29, 1.82) is 0 Å². The third kappa shape index (κ3) is 2.31. The van der Waals surface area contributed by atoms with Crippen molar-refractivity contribution < 1.29 is 4.42 Å². The molecule has 2 heteroatoms. The Bertz CT molecular complexity index is 1190. The molecule has 0 aliphatic heterocycles. The number of fused-ring (bicyclic) bond motifs is 3. The molecule has 0 bridgehead atoms. The van der Waals surface area contributed by atoms with Crippen molar-refractivity contribution in [1.82, 2.24) is 4.98 Å². The van der Waals surface area contributed by atoms with Crippen LogP contribution in [-0.4, -0.2) is 4.98 Å². The molecule has 25 heavy (non-hydrogen) atoms. The number of pyridine rings is 1. The van der Waals surface area contributed by atoms with Crippen molar-refractivity contribution in [2.45, 2.75) is 0 Å². The van der Waals surface area contributed by atoms with Gasteiger partial charge in [0.1, 0.15) is 11.1 Å².